The Bertz CT molecular complexity index is 642. The maximum absolute atomic E-state index is 13.3. The molecule has 2 aromatic rings. The highest BCUT2D eigenvalue weighted by Gasteiger charge is 2.16. The third kappa shape index (κ3) is 2.98. The Morgan fingerprint density at radius 3 is 2.70 bits per heavy atom. The first kappa shape index (κ1) is 13.7. The van der Waals surface area contributed by atoms with E-state index in [4.69, 9.17) is 5.84 Å². The molecule has 0 aliphatic heterocycles. The van der Waals surface area contributed by atoms with Crippen molar-refractivity contribution < 1.29 is 9.31 Å². The third-order valence-electron chi connectivity index (χ3n) is 2.52. The highest BCUT2D eigenvalue weighted by molar-refractivity contribution is 5.67. The van der Waals surface area contributed by atoms with Crippen molar-refractivity contribution in [1.29, 1.82) is 0 Å². The van der Waals surface area contributed by atoms with Crippen LogP contribution in [0.3, 0.4) is 0 Å². The number of aryl methyl sites for hydroxylation is 1. The molecule has 1 aromatic heterocycles. The van der Waals surface area contributed by atoms with Crippen molar-refractivity contribution in [2.75, 3.05) is 10.7 Å². The number of pyridine rings is 1. The van der Waals surface area contributed by atoms with Crippen molar-refractivity contribution in [1.82, 2.24) is 4.98 Å². The smallest absolute Gasteiger partial charge is 0.311 e. The van der Waals surface area contributed by atoms with Gasteiger partial charge < -0.3 is 10.7 Å². The molecule has 0 bridgehead atoms. The first-order chi connectivity index (χ1) is 9.49. The summed E-state index contributed by atoms with van der Waals surface area (Å²) in [5.74, 6) is 5.01. The van der Waals surface area contributed by atoms with Gasteiger partial charge in [0.2, 0.25) is 5.82 Å². The molecule has 4 N–H and O–H groups in total. The molecule has 0 aliphatic carbocycles. The number of aromatic nitrogens is 1. The largest absolute Gasteiger partial charge is 0.334 e. The highest BCUT2D eigenvalue weighted by Crippen LogP contribution is 2.27. The third-order valence-corrected chi connectivity index (χ3v) is 2.52. The Balaban J connectivity index is 2.42. The van der Waals surface area contributed by atoms with Gasteiger partial charge in [-0.2, -0.15) is 0 Å². The van der Waals surface area contributed by atoms with Gasteiger partial charge >= 0.3 is 5.69 Å². The second-order valence-corrected chi connectivity index (χ2v) is 4.11. The number of nitrogens with zero attached hydrogens (tertiary/aromatic N) is 2. The SMILES string of the molecule is Cc1cc(F)cc(Nc2nc(NN)ccc2[N+](=O)[O-])c1. The Hall–Kier alpha value is -2.74. The van der Waals surface area contributed by atoms with Gasteiger partial charge in [-0.1, -0.05) is 0 Å². The van der Waals surface area contributed by atoms with E-state index in [0.29, 0.717) is 11.3 Å². The molecule has 0 radical (unpaired) electrons. The highest BCUT2D eigenvalue weighted by atomic mass is 19.1. The topological polar surface area (TPSA) is 106 Å². The van der Waals surface area contributed by atoms with Gasteiger partial charge in [0, 0.05) is 11.8 Å². The van der Waals surface area contributed by atoms with E-state index in [0.717, 1.165) is 0 Å². The summed E-state index contributed by atoms with van der Waals surface area (Å²) in [6.07, 6.45) is 0. The number of rotatable bonds is 4. The molecule has 0 saturated carbocycles. The Morgan fingerprint density at radius 1 is 1.35 bits per heavy atom. The van der Waals surface area contributed by atoms with Gasteiger partial charge in [0.05, 0.1) is 4.92 Å². The predicted molar refractivity (Wildman–Crippen MR) is 73.1 cm³/mol. The van der Waals surface area contributed by atoms with Crippen LogP contribution in [0.25, 0.3) is 0 Å². The van der Waals surface area contributed by atoms with Crippen molar-refractivity contribution in [3.8, 4) is 0 Å². The van der Waals surface area contributed by atoms with Crippen molar-refractivity contribution in [3.05, 3.63) is 51.8 Å². The molecular formula is C12H12FN5O2. The van der Waals surface area contributed by atoms with Crippen LogP contribution in [-0.2, 0) is 0 Å². The zero-order chi connectivity index (χ0) is 14.7. The minimum absolute atomic E-state index is 0.0181. The van der Waals surface area contributed by atoms with Crippen molar-refractivity contribution >= 4 is 23.0 Å². The molecule has 104 valence electrons. The number of hydrogen-bond donors (Lipinski definition) is 3. The molecule has 0 amide bonds. The summed E-state index contributed by atoms with van der Waals surface area (Å²) in [6, 6.07) is 6.86. The van der Waals surface area contributed by atoms with Crippen LogP contribution in [0, 0.1) is 22.9 Å². The van der Waals surface area contributed by atoms with Crippen LogP contribution in [0.4, 0.5) is 27.4 Å². The summed E-state index contributed by atoms with van der Waals surface area (Å²) in [7, 11) is 0. The Kier molecular flexibility index (Phi) is 3.76. The first-order valence-corrected chi connectivity index (χ1v) is 5.66. The fourth-order valence-electron chi connectivity index (χ4n) is 1.72. The molecule has 2 rings (SSSR count). The molecule has 7 nitrogen and oxygen atoms in total. The molecule has 0 spiro atoms. The van der Waals surface area contributed by atoms with Gasteiger partial charge in [0.1, 0.15) is 11.6 Å². The summed E-state index contributed by atoms with van der Waals surface area (Å²) < 4.78 is 13.3. The van der Waals surface area contributed by atoms with E-state index in [2.05, 4.69) is 15.7 Å². The van der Waals surface area contributed by atoms with E-state index in [1.54, 1.807) is 13.0 Å². The molecule has 20 heavy (non-hydrogen) atoms. The standard InChI is InChI=1S/C12H12FN5O2/c1-7-4-8(13)6-9(5-7)15-12-10(18(19)20)2-3-11(16-12)17-14/h2-6H,14H2,1H3,(H2,15,16,17). The maximum Gasteiger partial charge on any atom is 0.311 e. The number of hydrazine groups is 1. The molecule has 0 atom stereocenters. The Morgan fingerprint density at radius 2 is 2.10 bits per heavy atom. The van der Waals surface area contributed by atoms with Gasteiger partial charge in [-0.25, -0.2) is 15.2 Å². The quantitative estimate of drug-likeness (QED) is 0.450. The van der Waals surface area contributed by atoms with Crippen LogP contribution in [0.15, 0.2) is 30.3 Å². The second kappa shape index (κ2) is 5.49. The van der Waals surface area contributed by atoms with Crippen LogP contribution in [0.5, 0.6) is 0 Å². The summed E-state index contributed by atoms with van der Waals surface area (Å²) in [5.41, 5.74) is 3.12. The Labute approximate surface area is 113 Å². The van der Waals surface area contributed by atoms with Crippen molar-refractivity contribution in [2.45, 2.75) is 6.92 Å². The van der Waals surface area contributed by atoms with Gasteiger partial charge in [-0.3, -0.25) is 10.1 Å². The molecular weight excluding hydrogens is 265 g/mol. The summed E-state index contributed by atoms with van der Waals surface area (Å²) in [6.45, 7) is 1.72. The first-order valence-electron chi connectivity index (χ1n) is 5.66. The molecule has 0 aliphatic rings. The average molecular weight is 277 g/mol. The van der Waals surface area contributed by atoms with E-state index < -0.39 is 10.7 Å². The zero-order valence-electron chi connectivity index (χ0n) is 10.6. The number of nitrogens with two attached hydrogens (primary N) is 1. The van der Waals surface area contributed by atoms with E-state index >= 15 is 0 Å². The normalized spacial score (nSPS) is 10.2. The fraction of sp³-hybridized carbons (Fsp3) is 0.0833. The number of halogens is 1. The lowest BCUT2D eigenvalue weighted by molar-refractivity contribution is -0.384. The second-order valence-electron chi connectivity index (χ2n) is 4.11. The lowest BCUT2D eigenvalue weighted by Crippen LogP contribution is -2.10. The number of nitrogens with one attached hydrogen (secondary N) is 2. The van der Waals surface area contributed by atoms with Crippen LogP contribution < -0.4 is 16.6 Å². The number of nitro groups is 1. The number of anilines is 3. The average Bonchev–Trinajstić information content (AvgIpc) is 2.37. The summed E-state index contributed by atoms with van der Waals surface area (Å²) in [5, 5.41) is 13.7. The van der Waals surface area contributed by atoms with E-state index in [1.807, 2.05) is 0 Å². The minimum Gasteiger partial charge on any atom is -0.334 e. The van der Waals surface area contributed by atoms with Gasteiger partial charge in [-0.15, -0.1) is 0 Å². The molecule has 0 unspecified atom stereocenters. The lowest BCUT2D eigenvalue weighted by atomic mass is 10.2. The summed E-state index contributed by atoms with van der Waals surface area (Å²) in [4.78, 5) is 14.3. The van der Waals surface area contributed by atoms with E-state index in [9.17, 15) is 14.5 Å². The molecule has 0 saturated heterocycles. The number of benzene rings is 1. The van der Waals surface area contributed by atoms with E-state index in [1.165, 1.54) is 24.3 Å². The number of hydrogen-bond acceptors (Lipinski definition) is 6. The summed E-state index contributed by atoms with van der Waals surface area (Å²) >= 11 is 0. The van der Waals surface area contributed by atoms with Crippen molar-refractivity contribution in [3.63, 3.8) is 0 Å². The van der Waals surface area contributed by atoms with Crippen molar-refractivity contribution in [2.24, 2.45) is 5.84 Å². The van der Waals surface area contributed by atoms with Crippen LogP contribution in [0.1, 0.15) is 5.56 Å². The van der Waals surface area contributed by atoms with Crippen LogP contribution in [0.2, 0.25) is 0 Å². The molecule has 1 aromatic carbocycles. The molecule has 0 fully saturated rings. The molecule has 8 heteroatoms. The van der Waals surface area contributed by atoms with Gasteiger partial charge in [-0.05, 0) is 36.8 Å². The zero-order valence-corrected chi connectivity index (χ0v) is 10.6. The van der Waals surface area contributed by atoms with Crippen LogP contribution >= 0.6 is 0 Å². The number of nitrogen functional groups attached to an aromatic ring is 1. The van der Waals surface area contributed by atoms with Crippen LogP contribution in [-0.4, -0.2) is 9.91 Å². The maximum atomic E-state index is 13.3. The predicted octanol–water partition coefficient (Wildman–Crippen LogP) is 2.47. The minimum atomic E-state index is -0.582. The van der Waals surface area contributed by atoms with Gasteiger partial charge in [0.15, 0.2) is 0 Å². The lowest BCUT2D eigenvalue weighted by Gasteiger charge is -2.09. The van der Waals surface area contributed by atoms with E-state index in [-0.39, 0.29) is 17.3 Å². The fourth-order valence-corrected chi connectivity index (χ4v) is 1.72. The van der Waals surface area contributed by atoms with Gasteiger partial charge in [0.25, 0.3) is 0 Å². The molecule has 1 heterocycles. The monoisotopic (exact) mass is 277 g/mol.